The van der Waals surface area contributed by atoms with Crippen molar-refractivity contribution in [3.05, 3.63) is 0 Å². The van der Waals surface area contributed by atoms with Gasteiger partial charge in [0.2, 0.25) is 0 Å². The summed E-state index contributed by atoms with van der Waals surface area (Å²) in [6.45, 7) is 5.52. The zero-order chi connectivity index (χ0) is 6.91. The molecular weight excluding hydrogens is 114 g/mol. The maximum absolute atomic E-state index is 11.1. The second-order valence-electron chi connectivity index (χ2n) is 2.94. The van der Waals surface area contributed by atoms with Gasteiger partial charge in [-0.2, -0.15) is 0 Å². The molecule has 1 rings (SSSR count). The van der Waals surface area contributed by atoms with E-state index in [1.165, 1.54) is 0 Å². The highest BCUT2D eigenvalue weighted by atomic mass is 16.1. The molecule has 1 unspecified atom stereocenters. The number of hydrogen-bond acceptors (Lipinski definition) is 2. The third-order valence-electron chi connectivity index (χ3n) is 2.25. The third kappa shape index (κ3) is 0.990. The Kier molecular flexibility index (Phi) is 1.58. The summed E-state index contributed by atoms with van der Waals surface area (Å²) in [6.07, 6.45) is 0.957. The van der Waals surface area contributed by atoms with Crippen LogP contribution in [0.25, 0.3) is 0 Å². The van der Waals surface area contributed by atoms with Gasteiger partial charge in [0.1, 0.15) is 0 Å². The van der Waals surface area contributed by atoms with Gasteiger partial charge in [0.05, 0.1) is 6.54 Å². The lowest BCUT2D eigenvalue weighted by Crippen LogP contribution is -2.25. The van der Waals surface area contributed by atoms with E-state index >= 15 is 0 Å². The average Bonchev–Trinajstić information content (AvgIpc) is 2.15. The summed E-state index contributed by atoms with van der Waals surface area (Å²) in [5.41, 5.74) is -0.0556. The Bertz CT molecular complexity index is 133. The molecule has 0 radical (unpaired) electrons. The van der Waals surface area contributed by atoms with Gasteiger partial charge in [-0.05, 0) is 6.42 Å². The SMILES string of the molecule is CCC1(C)CNCC1=O. The molecule has 0 saturated carbocycles. The van der Waals surface area contributed by atoms with Gasteiger partial charge in [0.15, 0.2) is 5.78 Å². The predicted molar refractivity (Wildman–Crippen MR) is 36.3 cm³/mol. The van der Waals surface area contributed by atoms with Gasteiger partial charge in [0, 0.05) is 12.0 Å². The molecule has 1 fully saturated rings. The standard InChI is InChI=1S/C7H13NO/c1-3-7(2)5-8-4-6(7)9/h8H,3-5H2,1-2H3. The van der Waals surface area contributed by atoms with Crippen molar-refractivity contribution in [2.45, 2.75) is 20.3 Å². The normalized spacial score (nSPS) is 35.6. The molecule has 1 N–H and O–H groups in total. The van der Waals surface area contributed by atoms with Crippen molar-refractivity contribution in [2.75, 3.05) is 13.1 Å². The molecule has 0 aliphatic carbocycles. The summed E-state index contributed by atoms with van der Waals surface area (Å²) < 4.78 is 0. The monoisotopic (exact) mass is 127 g/mol. The summed E-state index contributed by atoms with van der Waals surface area (Å²) >= 11 is 0. The van der Waals surface area contributed by atoms with E-state index in [0.29, 0.717) is 12.3 Å². The van der Waals surface area contributed by atoms with Crippen molar-refractivity contribution >= 4 is 5.78 Å². The van der Waals surface area contributed by atoms with Crippen LogP contribution in [0, 0.1) is 5.41 Å². The largest absolute Gasteiger partial charge is 0.309 e. The summed E-state index contributed by atoms with van der Waals surface area (Å²) in [4.78, 5) is 11.1. The number of hydrogen-bond donors (Lipinski definition) is 1. The summed E-state index contributed by atoms with van der Waals surface area (Å²) in [5, 5.41) is 3.06. The Morgan fingerprint density at radius 2 is 2.44 bits per heavy atom. The maximum Gasteiger partial charge on any atom is 0.153 e. The minimum absolute atomic E-state index is 0.0556. The first-order valence-electron chi connectivity index (χ1n) is 3.43. The predicted octanol–water partition coefficient (Wildman–Crippen LogP) is 0.575. The highest BCUT2D eigenvalue weighted by Crippen LogP contribution is 2.24. The van der Waals surface area contributed by atoms with Crippen LogP contribution >= 0.6 is 0 Å². The maximum atomic E-state index is 11.1. The fourth-order valence-electron chi connectivity index (χ4n) is 1.09. The first kappa shape index (κ1) is 6.75. The molecule has 2 nitrogen and oxygen atoms in total. The topological polar surface area (TPSA) is 29.1 Å². The number of carbonyl (C=O) groups excluding carboxylic acids is 1. The van der Waals surface area contributed by atoms with Crippen molar-refractivity contribution in [2.24, 2.45) is 5.41 Å². The number of nitrogens with one attached hydrogen (secondary N) is 1. The molecule has 9 heavy (non-hydrogen) atoms. The molecule has 1 atom stereocenters. The third-order valence-corrected chi connectivity index (χ3v) is 2.25. The van der Waals surface area contributed by atoms with Crippen LogP contribution in [0.5, 0.6) is 0 Å². The van der Waals surface area contributed by atoms with E-state index < -0.39 is 0 Å². The van der Waals surface area contributed by atoms with Crippen LogP contribution in [0.3, 0.4) is 0 Å². The van der Waals surface area contributed by atoms with Gasteiger partial charge < -0.3 is 5.32 Å². The van der Waals surface area contributed by atoms with Gasteiger partial charge in [-0.3, -0.25) is 4.79 Å². The lowest BCUT2D eigenvalue weighted by Gasteiger charge is -2.16. The Balaban J connectivity index is 2.67. The number of Topliss-reactive ketones (excluding diaryl/α,β-unsaturated/α-hetero) is 1. The summed E-state index contributed by atoms with van der Waals surface area (Å²) in [7, 11) is 0. The molecule has 1 heterocycles. The number of carbonyl (C=O) groups is 1. The fraction of sp³-hybridized carbons (Fsp3) is 0.857. The fourth-order valence-corrected chi connectivity index (χ4v) is 1.09. The minimum Gasteiger partial charge on any atom is -0.309 e. The number of rotatable bonds is 1. The van der Waals surface area contributed by atoms with Crippen LogP contribution in [-0.2, 0) is 4.79 Å². The lowest BCUT2D eigenvalue weighted by molar-refractivity contribution is -0.123. The second-order valence-corrected chi connectivity index (χ2v) is 2.94. The molecule has 1 aliphatic rings. The van der Waals surface area contributed by atoms with Gasteiger partial charge >= 0.3 is 0 Å². The van der Waals surface area contributed by atoms with Gasteiger partial charge in [0.25, 0.3) is 0 Å². The van der Waals surface area contributed by atoms with Gasteiger partial charge in [-0.25, -0.2) is 0 Å². The van der Waals surface area contributed by atoms with Crippen molar-refractivity contribution < 1.29 is 4.79 Å². The van der Waals surface area contributed by atoms with Crippen molar-refractivity contribution in [1.29, 1.82) is 0 Å². The highest BCUT2D eigenvalue weighted by Gasteiger charge is 2.34. The Morgan fingerprint density at radius 1 is 1.78 bits per heavy atom. The van der Waals surface area contributed by atoms with Crippen LogP contribution in [0.1, 0.15) is 20.3 Å². The number of ketones is 1. The molecule has 52 valence electrons. The van der Waals surface area contributed by atoms with Crippen LogP contribution in [0.4, 0.5) is 0 Å². The molecule has 0 aromatic rings. The molecule has 0 aromatic carbocycles. The van der Waals surface area contributed by atoms with Crippen molar-refractivity contribution in [1.82, 2.24) is 5.32 Å². The first-order valence-corrected chi connectivity index (χ1v) is 3.43. The second kappa shape index (κ2) is 2.10. The quantitative estimate of drug-likeness (QED) is 0.558. The zero-order valence-electron chi connectivity index (χ0n) is 6.03. The average molecular weight is 127 g/mol. The minimum atomic E-state index is -0.0556. The molecule has 1 aliphatic heterocycles. The van der Waals surface area contributed by atoms with Crippen LogP contribution in [0.2, 0.25) is 0 Å². The van der Waals surface area contributed by atoms with E-state index in [1.807, 2.05) is 6.92 Å². The first-order chi connectivity index (χ1) is 4.19. The van der Waals surface area contributed by atoms with E-state index in [4.69, 9.17) is 0 Å². The molecule has 0 bridgehead atoms. The van der Waals surface area contributed by atoms with E-state index in [1.54, 1.807) is 0 Å². The molecule has 2 heteroatoms. The van der Waals surface area contributed by atoms with E-state index in [2.05, 4.69) is 12.2 Å². The van der Waals surface area contributed by atoms with Gasteiger partial charge in [-0.15, -0.1) is 0 Å². The van der Waals surface area contributed by atoms with Crippen molar-refractivity contribution in [3.63, 3.8) is 0 Å². The molecule has 1 saturated heterocycles. The van der Waals surface area contributed by atoms with E-state index in [-0.39, 0.29) is 5.41 Å². The van der Waals surface area contributed by atoms with Crippen LogP contribution in [0.15, 0.2) is 0 Å². The van der Waals surface area contributed by atoms with Gasteiger partial charge in [-0.1, -0.05) is 13.8 Å². The Morgan fingerprint density at radius 3 is 2.67 bits per heavy atom. The Labute approximate surface area is 55.6 Å². The van der Waals surface area contributed by atoms with Crippen molar-refractivity contribution in [3.8, 4) is 0 Å². The smallest absolute Gasteiger partial charge is 0.153 e. The van der Waals surface area contributed by atoms with E-state index in [9.17, 15) is 4.79 Å². The lowest BCUT2D eigenvalue weighted by atomic mass is 9.86. The molecule has 0 spiro atoms. The molecule has 0 aromatic heterocycles. The summed E-state index contributed by atoms with van der Waals surface area (Å²) in [6, 6.07) is 0. The van der Waals surface area contributed by atoms with Crippen LogP contribution in [-0.4, -0.2) is 18.9 Å². The molecule has 0 amide bonds. The molecular formula is C7H13NO. The summed E-state index contributed by atoms with van der Waals surface area (Å²) in [5.74, 6) is 0.366. The Hall–Kier alpha value is -0.370. The van der Waals surface area contributed by atoms with Crippen LogP contribution < -0.4 is 5.32 Å². The highest BCUT2D eigenvalue weighted by molar-refractivity contribution is 5.88. The zero-order valence-corrected chi connectivity index (χ0v) is 6.03. The van der Waals surface area contributed by atoms with E-state index in [0.717, 1.165) is 13.0 Å².